The third-order valence-corrected chi connectivity index (χ3v) is 8.97. The van der Waals surface area contributed by atoms with E-state index in [0.717, 1.165) is 46.5 Å². The molecule has 180 valence electrons. The number of ether oxygens (including phenoxy) is 1. The van der Waals surface area contributed by atoms with Gasteiger partial charge in [-0.3, -0.25) is 14.2 Å². The molecule has 0 atom stereocenters. The van der Waals surface area contributed by atoms with Gasteiger partial charge in [0, 0.05) is 9.75 Å². The van der Waals surface area contributed by atoms with Crippen LogP contribution in [-0.2, 0) is 17.6 Å². The highest BCUT2D eigenvalue weighted by molar-refractivity contribution is 7.99. The standard InChI is InChI=1S/C25H24N4O3S3/c1-15-11-12-33-20(15)13-26-28-21(30)14-34-25-27-23-22(18-5-3-4-6-19(18)35-23)24(31)29(25)16-7-9-17(32-2)10-8-16/h7-13H,3-6,14H2,1-2H3,(H,28,30). The Balaban J connectivity index is 1.46. The molecule has 0 saturated heterocycles. The van der Waals surface area contributed by atoms with Crippen molar-refractivity contribution in [2.45, 2.75) is 37.8 Å². The number of carbonyl (C=O) groups excluding carboxylic acids is 1. The molecule has 0 unspecified atom stereocenters. The Labute approximate surface area is 214 Å². The number of benzene rings is 1. The number of carbonyl (C=O) groups is 1. The number of hydrogen-bond acceptors (Lipinski definition) is 8. The third kappa shape index (κ3) is 4.91. The summed E-state index contributed by atoms with van der Waals surface area (Å²) in [6.07, 6.45) is 5.77. The molecule has 4 aromatic rings. The fourth-order valence-corrected chi connectivity index (χ4v) is 6.98. The highest BCUT2D eigenvalue weighted by atomic mass is 32.2. The number of methoxy groups -OCH3 is 1. The van der Waals surface area contributed by atoms with E-state index < -0.39 is 0 Å². The maximum absolute atomic E-state index is 13.8. The maximum Gasteiger partial charge on any atom is 0.267 e. The van der Waals surface area contributed by atoms with E-state index >= 15 is 0 Å². The second-order valence-corrected chi connectivity index (χ2v) is 11.1. The Morgan fingerprint density at radius 1 is 1.26 bits per heavy atom. The molecular formula is C25H24N4O3S3. The zero-order valence-corrected chi connectivity index (χ0v) is 21.8. The Bertz CT molecular complexity index is 1470. The monoisotopic (exact) mass is 524 g/mol. The lowest BCUT2D eigenvalue weighted by Gasteiger charge is -2.14. The third-order valence-electron chi connectivity index (χ3n) is 5.89. The summed E-state index contributed by atoms with van der Waals surface area (Å²) in [7, 11) is 1.61. The van der Waals surface area contributed by atoms with Crippen molar-refractivity contribution in [1.29, 1.82) is 0 Å². The molecule has 7 nitrogen and oxygen atoms in total. The molecule has 0 bridgehead atoms. The molecule has 0 aliphatic heterocycles. The molecule has 1 aliphatic carbocycles. The topological polar surface area (TPSA) is 85.6 Å². The first-order valence-electron chi connectivity index (χ1n) is 11.3. The van der Waals surface area contributed by atoms with Crippen LogP contribution in [0.25, 0.3) is 15.9 Å². The first-order chi connectivity index (χ1) is 17.0. The molecule has 10 heteroatoms. The number of fused-ring (bicyclic) bond motifs is 3. The summed E-state index contributed by atoms with van der Waals surface area (Å²) in [5.41, 5.74) is 5.43. The second-order valence-electron chi connectivity index (χ2n) is 8.17. The van der Waals surface area contributed by atoms with E-state index in [2.05, 4.69) is 10.5 Å². The predicted octanol–water partition coefficient (Wildman–Crippen LogP) is 4.95. The van der Waals surface area contributed by atoms with Crippen LogP contribution in [0.4, 0.5) is 0 Å². The number of amides is 1. The van der Waals surface area contributed by atoms with Crippen LogP contribution in [0.5, 0.6) is 5.75 Å². The van der Waals surface area contributed by atoms with Crippen molar-refractivity contribution in [2.75, 3.05) is 12.9 Å². The first-order valence-corrected chi connectivity index (χ1v) is 13.9. The van der Waals surface area contributed by atoms with Gasteiger partial charge in [0.25, 0.3) is 11.5 Å². The fraction of sp³-hybridized carbons (Fsp3) is 0.280. The van der Waals surface area contributed by atoms with Gasteiger partial charge in [0.1, 0.15) is 10.6 Å². The van der Waals surface area contributed by atoms with Gasteiger partial charge in [-0.2, -0.15) is 5.10 Å². The van der Waals surface area contributed by atoms with E-state index in [1.807, 2.05) is 42.6 Å². The highest BCUT2D eigenvalue weighted by Crippen LogP contribution is 2.35. The molecule has 0 saturated carbocycles. The summed E-state index contributed by atoms with van der Waals surface area (Å²) in [4.78, 5) is 34.1. The van der Waals surface area contributed by atoms with Crippen LogP contribution in [0.1, 0.15) is 33.7 Å². The number of thioether (sulfide) groups is 1. The van der Waals surface area contributed by atoms with Crippen LogP contribution in [0.2, 0.25) is 0 Å². The summed E-state index contributed by atoms with van der Waals surface area (Å²) in [5.74, 6) is 0.526. The Morgan fingerprint density at radius 2 is 2.06 bits per heavy atom. The van der Waals surface area contributed by atoms with Gasteiger partial charge in [-0.25, -0.2) is 10.4 Å². The lowest BCUT2D eigenvalue weighted by Crippen LogP contribution is -2.24. The van der Waals surface area contributed by atoms with E-state index in [4.69, 9.17) is 9.72 Å². The molecule has 1 aliphatic rings. The summed E-state index contributed by atoms with van der Waals surface area (Å²) < 4.78 is 6.89. The van der Waals surface area contributed by atoms with Gasteiger partial charge in [0.15, 0.2) is 5.16 Å². The summed E-state index contributed by atoms with van der Waals surface area (Å²) in [6.45, 7) is 2.00. The van der Waals surface area contributed by atoms with E-state index in [1.165, 1.54) is 16.6 Å². The molecule has 1 amide bonds. The zero-order chi connectivity index (χ0) is 24.4. The van der Waals surface area contributed by atoms with Crippen LogP contribution in [0.15, 0.2) is 50.8 Å². The summed E-state index contributed by atoms with van der Waals surface area (Å²) in [5, 5.41) is 7.25. The molecule has 0 fully saturated rings. The number of aromatic nitrogens is 2. The van der Waals surface area contributed by atoms with Gasteiger partial charge < -0.3 is 4.74 Å². The Hall–Kier alpha value is -2.95. The van der Waals surface area contributed by atoms with Crippen LogP contribution in [0.3, 0.4) is 0 Å². The number of aryl methyl sites for hydroxylation is 3. The van der Waals surface area contributed by atoms with Crippen LogP contribution >= 0.6 is 34.4 Å². The molecule has 1 N–H and O–H groups in total. The summed E-state index contributed by atoms with van der Waals surface area (Å²) >= 11 is 4.40. The number of nitrogens with one attached hydrogen (secondary N) is 1. The van der Waals surface area contributed by atoms with Crippen molar-refractivity contribution in [2.24, 2.45) is 5.10 Å². The van der Waals surface area contributed by atoms with Gasteiger partial charge in [-0.05, 0) is 79.4 Å². The summed E-state index contributed by atoms with van der Waals surface area (Å²) in [6, 6.07) is 9.32. The Morgan fingerprint density at radius 3 is 2.80 bits per heavy atom. The van der Waals surface area contributed by atoms with Crippen molar-refractivity contribution < 1.29 is 9.53 Å². The van der Waals surface area contributed by atoms with Gasteiger partial charge in [-0.1, -0.05) is 11.8 Å². The van der Waals surface area contributed by atoms with Crippen molar-refractivity contribution in [3.05, 3.63) is 66.9 Å². The van der Waals surface area contributed by atoms with E-state index in [0.29, 0.717) is 22.0 Å². The van der Waals surface area contributed by atoms with Crippen molar-refractivity contribution in [1.82, 2.24) is 15.0 Å². The number of rotatable bonds is 7. The number of hydrogen-bond donors (Lipinski definition) is 1. The van der Waals surface area contributed by atoms with Gasteiger partial charge in [0.05, 0.1) is 30.2 Å². The van der Waals surface area contributed by atoms with Crippen LogP contribution < -0.4 is 15.7 Å². The largest absolute Gasteiger partial charge is 0.497 e. The van der Waals surface area contributed by atoms with E-state index in [-0.39, 0.29) is 17.2 Å². The first kappa shape index (κ1) is 23.8. The number of nitrogens with zero attached hydrogens (tertiary/aromatic N) is 3. The van der Waals surface area contributed by atoms with Crippen LogP contribution in [-0.4, -0.2) is 34.5 Å². The van der Waals surface area contributed by atoms with Crippen LogP contribution in [0, 0.1) is 6.92 Å². The second kappa shape index (κ2) is 10.3. The highest BCUT2D eigenvalue weighted by Gasteiger charge is 2.23. The van der Waals surface area contributed by atoms with Gasteiger partial charge >= 0.3 is 0 Å². The lowest BCUT2D eigenvalue weighted by molar-refractivity contribution is -0.118. The molecule has 0 radical (unpaired) electrons. The smallest absolute Gasteiger partial charge is 0.267 e. The van der Waals surface area contributed by atoms with Gasteiger partial charge in [-0.15, -0.1) is 22.7 Å². The molecule has 5 rings (SSSR count). The molecule has 3 aromatic heterocycles. The molecule has 1 aromatic carbocycles. The maximum atomic E-state index is 13.8. The van der Waals surface area contributed by atoms with Gasteiger partial charge in [0.2, 0.25) is 0 Å². The minimum Gasteiger partial charge on any atom is -0.497 e. The minimum atomic E-state index is -0.262. The van der Waals surface area contributed by atoms with E-state index in [9.17, 15) is 9.59 Å². The average Bonchev–Trinajstić information content (AvgIpc) is 3.45. The molecule has 0 spiro atoms. The predicted molar refractivity (Wildman–Crippen MR) is 144 cm³/mol. The fourth-order valence-electron chi connectivity index (χ4n) is 4.08. The van der Waals surface area contributed by atoms with Crippen molar-refractivity contribution >= 4 is 56.8 Å². The normalized spacial score (nSPS) is 13.3. The molecule has 3 heterocycles. The lowest BCUT2D eigenvalue weighted by atomic mass is 9.97. The van der Waals surface area contributed by atoms with E-state index in [1.54, 1.807) is 40.6 Å². The minimum absolute atomic E-state index is 0.0833. The number of thiophene rings is 2. The average molecular weight is 525 g/mol. The zero-order valence-electron chi connectivity index (χ0n) is 19.4. The van der Waals surface area contributed by atoms with Crippen molar-refractivity contribution in [3.63, 3.8) is 0 Å². The Kier molecular flexibility index (Phi) is 7.03. The molecule has 35 heavy (non-hydrogen) atoms. The number of hydrazone groups is 1. The molecular weight excluding hydrogens is 501 g/mol. The van der Waals surface area contributed by atoms with Crippen molar-refractivity contribution in [3.8, 4) is 11.4 Å². The quantitative estimate of drug-likeness (QED) is 0.160. The SMILES string of the molecule is COc1ccc(-n2c(SCC(=O)NN=Cc3sccc3C)nc3sc4c(c3c2=O)CCCC4)cc1.